The molecule has 0 unspecified atom stereocenters. The van der Waals surface area contributed by atoms with Crippen LogP contribution in [0.25, 0.3) is 22.6 Å². The van der Waals surface area contributed by atoms with Gasteiger partial charge >= 0.3 is 0 Å². The van der Waals surface area contributed by atoms with Gasteiger partial charge in [-0.15, -0.1) is 0 Å². The molecule has 4 heterocycles. The molecule has 132 valence electrons. The lowest BCUT2D eigenvalue weighted by atomic mass is 10.1. The minimum absolute atomic E-state index is 0.0231. The largest absolute Gasteiger partial charge is 0.394 e. The second kappa shape index (κ2) is 5.74. The molecule has 0 saturated carbocycles. The van der Waals surface area contributed by atoms with Gasteiger partial charge in [-0.3, -0.25) is 4.57 Å². The van der Waals surface area contributed by atoms with E-state index in [0.29, 0.717) is 28.3 Å². The normalized spacial score (nSPS) is 26.6. The molecule has 0 spiro atoms. The first-order valence-corrected chi connectivity index (χ1v) is 7.55. The number of rotatable bonds is 3. The number of anilines is 1. The van der Waals surface area contributed by atoms with E-state index in [9.17, 15) is 15.3 Å². The molecule has 3 aromatic heterocycles. The molecule has 3 aromatic rings. The Balaban J connectivity index is 1.84. The van der Waals surface area contributed by atoms with Gasteiger partial charge in [-0.1, -0.05) is 5.16 Å². The molecule has 11 nitrogen and oxygen atoms in total. The topological polar surface area (TPSA) is 166 Å². The van der Waals surface area contributed by atoms with E-state index in [1.165, 1.54) is 10.9 Å². The standard InChI is InChI=1S/C14H16N6O5/c1-5-2-6(25-19-5)8-9-12(18-14(15)17-8)20(4-16-9)13-11(23)10(22)7(3-21)24-13/h2,4,7,10-11,13,21-23H,3H2,1H3,(H2,15,17,18)/t7-,10-,11-,13-/m1/s1. The molecule has 5 N–H and O–H groups in total. The number of hydrogen-bond acceptors (Lipinski definition) is 10. The van der Waals surface area contributed by atoms with E-state index < -0.39 is 31.1 Å². The van der Waals surface area contributed by atoms with Crippen LogP contribution in [0, 0.1) is 6.92 Å². The van der Waals surface area contributed by atoms with Gasteiger partial charge in [0.15, 0.2) is 17.6 Å². The lowest BCUT2D eigenvalue weighted by Gasteiger charge is -2.16. The minimum Gasteiger partial charge on any atom is -0.394 e. The third-order valence-electron chi connectivity index (χ3n) is 4.09. The Hall–Kier alpha value is -2.60. The number of aliphatic hydroxyl groups is 3. The number of nitrogens with two attached hydrogens (primary N) is 1. The molecule has 0 amide bonds. The molecule has 4 rings (SSSR count). The zero-order valence-corrected chi connectivity index (χ0v) is 13.1. The predicted molar refractivity (Wildman–Crippen MR) is 83.0 cm³/mol. The van der Waals surface area contributed by atoms with E-state index >= 15 is 0 Å². The van der Waals surface area contributed by atoms with E-state index in [2.05, 4.69) is 20.1 Å². The van der Waals surface area contributed by atoms with Crippen molar-refractivity contribution in [2.75, 3.05) is 12.3 Å². The van der Waals surface area contributed by atoms with Gasteiger partial charge in [0.05, 0.1) is 18.6 Å². The molecular formula is C14H16N6O5. The summed E-state index contributed by atoms with van der Waals surface area (Å²) in [5.74, 6) is 0.355. The van der Waals surface area contributed by atoms with Gasteiger partial charge in [0.2, 0.25) is 5.95 Å². The summed E-state index contributed by atoms with van der Waals surface area (Å²) in [6.07, 6.45) is -2.99. The molecule has 0 aliphatic carbocycles. The highest BCUT2D eigenvalue weighted by Crippen LogP contribution is 2.33. The maximum Gasteiger partial charge on any atom is 0.222 e. The number of imidazole rings is 1. The zero-order chi connectivity index (χ0) is 17.7. The van der Waals surface area contributed by atoms with Crippen LogP contribution in [0.1, 0.15) is 11.9 Å². The molecule has 1 aliphatic heterocycles. The van der Waals surface area contributed by atoms with Crippen molar-refractivity contribution in [2.24, 2.45) is 0 Å². The molecule has 25 heavy (non-hydrogen) atoms. The Morgan fingerprint density at radius 1 is 1.28 bits per heavy atom. The number of nitrogen functional groups attached to an aromatic ring is 1. The zero-order valence-electron chi connectivity index (χ0n) is 13.1. The summed E-state index contributed by atoms with van der Waals surface area (Å²) >= 11 is 0. The van der Waals surface area contributed by atoms with Gasteiger partial charge in [0.25, 0.3) is 0 Å². The highest BCUT2D eigenvalue weighted by atomic mass is 16.6. The smallest absolute Gasteiger partial charge is 0.222 e. The number of nitrogens with zero attached hydrogens (tertiary/aromatic N) is 5. The Morgan fingerprint density at radius 3 is 2.72 bits per heavy atom. The lowest BCUT2D eigenvalue weighted by molar-refractivity contribution is -0.0511. The number of hydrogen-bond donors (Lipinski definition) is 4. The Kier molecular flexibility index (Phi) is 3.65. The summed E-state index contributed by atoms with van der Waals surface area (Å²) < 4.78 is 12.2. The average Bonchev–Trinajstić information content (AvgIpc) is 3.26. The molecule has 4 atom stereocenters. The van der Waals surface area contributed by atoms with Crippen LogP contribution in [0.15, 0.2) is 16.9 Å². The summed E-state index contributed by atoms with van der Waals surface area (Å²) in [6, 6.07) is 1.69. The number of aryl methyl sites for hydroxylation is 1. The molecule has 1 saturated heterocycles. The monoisotopic (exact) mass is 348 g/mol. The van der Waals surface area contributed by atoms with E-state index in [-0.39, 0.29) is 5.95 Å². The van der Waals surface area contributed by atoms with Crippen LogP contribution in [0.5, 0.6) is 0 Å². The first-order valence-electron chi connectivity index (χ1n) is 7.55. The van der Waals surface area contributed by atoms with Crippen molar-refractivity contribution in [2.45, 2.75) is 31.5 Å². The maximum atomic E-state index is 10.2. The maximum absolute atomic E-state index is 10.2. The first kappa shape index (κ1) is 15.9. The number of ether oxygens (including phenoxy) is 1. The van der Waals surface area contributed by atoms with Gasteiger partial charge in [-0.2, -0.15) is 4.98 Å². The molecule has 1 fully saturated rings. The second-order valence-electron chi connectivity index (χ2n) is 5.82. The summed E-state index contributed by atoms with van der Waals surface area (Å²) in [4.78, 5) is 12.6. The number of aromatic nitrogens is 5. The van der Waals surface area contributed by atoms with Gasteiger partial charge < -0.3 is 30.3 Å². The molecule has 0 bridgehead atoms. The van der Waals surface area contributed by atoms with Crippen LogP contribution in [0.2, 0.25) is 0 Å². The van der Waals surface area contributed by atoms with Crippen LogP contribution in [-0.4, -0.2) is 64.9 Å². The van der Waals surface area contributed by atoms with Gasteiger partial charge in [-0.05, 0) is 6.92 Å². The van der Waals surface area contributed by atoms with Crippen molar-refractivity contribution in [1.29, 1.82) is 0 Å². The fraction of sp³-hybridized carbons (Fsp3) is 0.429. The van der Waals surface area contributed by atoms with Crippen LogP contribution in [0.3, 0.4) is 0 Å². The summed E-state index contributed by atoms with van der Waals surface area (Å²) in [5.41, 5.74) is 7.49. The second-order valence-corrected chi connectivity index (χ2v) is 5.82. The van der Waals surface area contributed by atoms with Crippen LogP contribution in [-0.2, 0) is 4.74 Å². The summed E-state index contributed by atoms with van der Waals surface area (Å²) in [6.45, 7) is 1.34. The predicted octanol–water partition coefficient (Wildman–Crippen LogP) is -1.02. The highest BCUT2D eigenvalue weighted by Gasteiger charge is 2.44. The third-order valence-corrected chi connectivity index (χ3v) is 4.09. The van der Waals surface area contributed by atoms with Crippen molar-refractivity contribution >= 4 is 17.1 Å². The Labute approximate surface area is 140 Å². The summed E-state index contributed by atoms with van der Waals surface area (Å²) in [5, 5.41) is 33.2. The highest BCUT2D eigenvalue weighted by molar-refractivity contribution is 5.86. The van der Waals surface area contributed by atoms with Crippen LogP contribution in [0.4, 0.5) is 5.95 Å². The van der Waals surface area contributed by atoms with Crippen LogP contribution < -0.4 is 5.73 Å². The van der Waals surface area contributed by atoms with Crippen molar-refractivity contribution in [3.05, 3.63) is 18.1 Å². The number of fused-ring (bicyclic) bond motifs is 1. The quantitative estimate of drug-likeness (QED) is 0.460. The fourth-order valence-corrected chi connectivity index (χ4v) is 2.88. The minimum atomic E-state index is -1.26. The molecule has 11 heteroatoms. The SMILES string of the molecule is Cc1cc(-c2nc(N)nc3c2ncn3[C@@H]2O[C@H](CO)[C@@H](O)[C@H]2O)on1. The first-order chi connectivity index (χ1) is 12.0. The average molecular weight is 348 g/mol. The molecule has 0 radical (unpaired) electrons. The number of aliphatic hydroxyl groups excluding tert-OH is 3. The van der Waals surface area contributed by atoms with Gasteiger partial charge in [0, 0.05) is 6.07 Å². The van der Waals surface area contributed by atoms with Gasteiger partial charge in [0.1, 0.15) is 29.5 Å². The lowest BCUT2D eigenvalue weighted by Crippen LogP contribution is -2.33. The van der Waals surface area contributed by atoms with E-state index in [0.717, 1.165) is 0 Å². The van der Waals surface area contributed by atoms with Crippen molar-refractivity contribution in [3.8, 4) is 11.5 Å². The van der Waals surface area contributed by atoms with Gasteiger partial charge in [-0.25, -0.2) is 9.97 Å². The van der Waals surface area contributed by atoms with Crippen LogP contribution >= 0.6 is 0 Å². The third kappa shape index (κ3) is 2.44. The van der Waals surface area contributed by atoms with Crippen molar-refractivity contribution < 1.29 is 24.6 Å². The van der Waals surface area contributed by atoms with E-state index in [4.69, 9.17) is 15.0 Å². The van der Waals surface area contributed by atoms with Crippen molar-refractivity contribution in [3.63, 3.8) is 0 Å². The molecular weight excluding hydrogens is 332 g/mol. The van der Waals surface area contributed by atoms with E-state index in [1.807, 2.05) is 0 Å². The molecule has 0 aromatic carbocycles. The van der Waals surface area contributed by atoms with E-state index in [1.54, 1.807) is 13.0 Å². The van der Waals surface area contributed by atoms with Crippen molar-refractivity contribution in [1.82, 2.24) is 24.7 Å². The molecule has 1 aliphatic rings. The Bertz CT molecular complexity index is 924. The Morgan fingerprint density at radius 2 is 2.08 bits per heavy atom. The summed E-state index contributed by atoms with van der Waals surface area (Å²) in [7, 11) is 0. The fourth-order valence-electron chi connectivity index (χ4n) is 2.88.